The summed E-state index contributed by atoms with van der Waals surface area (Å²) in [5, 5.41) is 17.7. The molecule has 0 aliphatic carbocycles. The van der Waals surface area contributed by atoms with Crippen LogP contribution in [0.25, 0.3) is 0 Å². The third-order valence-corrected chi connectivity index (χ3v) is 2.33. The van der Waals surface area contributed by atoms with Crippen LogP contribution in [0.5, 0.6) is 0 Å². The van der Waals surface area contributed by atoms with E-state index in [1.807, 2.05) is 0 Å². The topological polar surface area (TPSA) is 75.1 Å². The Morgan fingerprint density at radius 1 is 1.21 bits per heavy atom. The van der Waals surface area contributed by atoms with Gasteiger partial charge in [-0.15, -0.1) is 10.2 Å². The first-order valence-corrected chi connectivity index (χ1v) is 5.76. The number of alkyl halides is 3. The molecule has 0 aliphatic heterocycles. The zero-order valence-corrected chi connectivity index (χ0v) is 10.1. The van der Waals surface area contributed by atoms with Crippen molar-refractivity contribution in [2.24, 2.45) is 0 Å². The second-order valence-corrected chi connectivity index (χ2v) is 3.93. The van der Waals surface area contributed by atoms with Crippen LogP contribution >= 0.6 is 0 Å². The standard InChI is InChI=1S/C11H14F3N3O2/c12-11(13,14)8-5-6-9(17-16-8)15-7-3-1-2-4-10(18)19/h5-6H,1-4,7H2,(H,15,17)(H,18,19). The summed E-state index contributed by atoms with van der Waals surface area (Å²) < 4.78 is 36.6. The predicted octanol–water partition coefficient (Wildman–Crippen LogP) is 2.55. The Morgan fingerprint density at radius 3 is 2.47 bits per heavy atom. The Labute approximate surface area is 107 Å². The second-order valence-electron chi connectivity index (χ2n) is 3.93. The first-order chi connectivity index (χ1) is 8.89. The van der Waals surface area contributed by atoms with Gasteiger partial charge in [0.15, 0.2) is 5.69 Å². The van der Waals surface area contributed by atoms with Gasteiger partial charge in [0.2, 0.25) is 0 Å². The Hall–Kier alpha value is -1.86. The Kier molecular flexibility index (Phi) is 5.53. The molecule has 2 N–H and O–H groups in total. The molecule has 106 valence electrons. The fourth-order valence-electron chi connectivity index (χ4n) is 1.37. The molecule has 1 aromatic rings. The molecule has 0 radical (unpaired) electrons. The van der Waals surface area contributed by atoms with E-state index in [9.17, 15) is 18.0 Å². The number of rotatable bonds is 7. The summed E-state index contributed by atoms with van der Waals surface area (Å²) >= 11 is 0. The number of carbonyl (C=O) groups is 1. The number of unbranched alkanes of at least 4 members (excludes halogenated alkanes) is 2. The monoisotopic (exact) mass is 277 g/mol. The van der Waals surface area contributed by atoms with Gasteiger partial charge in [-0.05, 0) is 25.0 Å². The van der Waals surface area contributed by atoms with Crippen molar-refractivity contribution in [1.29, 1.82) is 0 Å². The highest BCUT2D eigenvalue weighted by molar-refractivity contribution is 5.66. The maximum atomic E-state index is 12.2. The number of anilines is 1. The Morgan fingerprint density at radius 2 is 1.95 bits per heavy atom. The summed E-state index contributed by atoms with van der Waals surface area (Å²) in [6, 6.07) is 2.08. The van der Waals surface area contributed by atoms with Crippen LogP contribution in [0.4, 0.5) is 19.0 Å². The molecule has 0 unspecified atom stereocenters. The average Bonchev–Trinajstić information content (AvgIpc) is 2.32. The van der Waals surface area contributed by atoms with Gasteiger partial charge in [-0.3, -0.25) is 4.79 Å². The summed E-state index contributed by atoms with van der Waals surface area (Å²) in [7, 11) is 0. The molecule has 0 aromatic carbocycles. The van der Waals surface area contributed by atoms with E-state index < -0.39 is 17.8 Å². The van der Waals surface area contributed by atoms with E-state index in [0.29, 0.717) is 13.0 Å². The molecule has 1 rings (SSSR count). The van der Waals surface area contributed by atoms with E-state index in [2.05, 4.69) is 15.5 Å². The summed E-state index contributed by atoms with van der Waals surface area (Å²) in [5.74, 6) is -0.562. The Balaban J connectivity index is 2.25. The molecule has 1 aromatic heterocycles. The molecule has 0 aliphatic rings. The van der Waals surface area contributed by atoms with Crippen molar-refractivity contribution >= 4 is 11.8 Å². The number of carboxylic acids is 1. The summed E-state index contributed by atoms with van der Waals surface area (Å²) in [4.78, 5) is 10.2. The largest absolute Gasteiger partial charge is 0.481 e. The summed E-state index contributed by atoms with van der Waals surface area (Å²) in [6.45, 7) is 0.514. The van der Waals surface area contributed by atoms with Crippen molar-refractivity contribution in [3.8, 4) is 0 Å². The van der Waals surface area contributed by atoms with Gasteiger partial charge in [0.25, 0.3) is 0 Å². The molecule has 1 heterocycles. The van der Waals surface area contributed by atoms with Gasteiger partial charge in [-0.25, -0.2) is 0 Å². The number of hydrogen-bond acceptors (Lipinski definition) is 4. The van der Waals surface area contributed by atoms with Crippen LogP contribution in [0.1, 0.15) is 31.4 Å². The molecular weight excluding hydrogens is 263 g/mol. The van der Waals surface area contributed by atoms with Crippen LogP contribution in [0.2, 0.25) is 0 Å². The van der Waals surface area contributed by atoms with Crippen molar-refractivity contribution < 1.29 is 23.1 Å². The first kappa shape index (κ1) is 15.2. The maximum Gasteiger partial charge on any atom is 0.435 e. The third-order valence-electron chi connectivity index (χ3n) is 2.33. The predicted molar refractivity (Wildman–Crippen MR) is 61.6 cm³/mol. The van der Waals surface area contributed by atoms with Gasteiger partial charge in [-0.1, -0.05) is 6.42 Å². The summed E-state index contributed by atoms with van der Waals surface area (Å²) in [5.41, 5.74) is -1.03. The van der Waals surface area contributed by atoms with Crippen molar-refractivity contribution in [2.45, 2.75) is 31.9 Å². The van der Waals surface area contributed by atoms with Crippen LogP contribution in [-0.2, 0) is 11.0 Å². The highest BCUT2D eigenvalue weighted by Crippen LogP contribution is 2.26. The van der Waals surface area contributed by atoms with Crippen LogP contribution < -0.4 is 5.32 Å². The first-order valence-electron chi connectivity index (χ1n) is 5.76. The van der Waals surface area contributed by atoms with Crippen molar-refractivity contribution in [2.75, 3.05) is 11.9 Å². The smallest absolute Gasteiger partial charge is 0.435 e. The Bertz CT molecular complexity index is 407. The quantitative estimate of drug-likeness (QED) is 0.749. The SMILES string of the molecule is O=C(O)CCCCCNc1ccc(C(F)(F)F)nn1. The lowest BCUT2D eigenvalue weighted by Crippen LogP contribution is -2.11. The second kappa shape index (κ2) is 6.91. The fourth-order valence-corrected chi connectivity index (χ4v) is 1.37. The van der Waals surface area contributed by atoms with E-state index >= 15 is 0 Å². The van der Waals surface area contributed by atoms with Gasteiger partial charge in [-0.2, -0.15) is 13.2 Å². The molecule has 5 nitrogen and oxygen atoms in total. The zero-order chi connectivity index (χ0) is 14.3. The molecule has 0 saturated heterocycles. The number of hydrogen-bond donors (Lipinski definition) is 2. The number of halogens is 3. The van der Waals surface area contributed by atoms with Crippen LogP contribution in [-0.4, -0.2) is 27.8 Å². The van der Waals surface area contributed by atoms with Crippen LogP contribution in [0.3, 0.4) is 0 Å². The number of nitrogens with one attached hydrogen (secondary N) is 1. The minimum atomic E-state index is -4.48. The van der Waals surface area contributed by atoms with Gasteiger partial charge in [0.1, 0.15) is 5.82 Å². The van der Waals surface area contributed by atoms with Crippen molar-refractivity contribution in [3.05, 3.63) is 17.8 Å². The van der Waals surface area contributed by atoms with Crippen molar-refractivity contribution in [3.63, 3.8) is 0 Å². The minimum absolute atomic E-state index is 0.125. The minimum Gasteiger partial charge on any atom is -0.481 e. The molecular formula is C11H14F3N3O2. The number of nitrogens with zero attached hydrogens (tertiary/aromatic N) is 2. The van der Waals surface area contributed by atoms with Crippen LogP contribution in [0, 0.1) is 0 Å². The molecule has 0 fully saturated rings. The molecule has 0 spiro atoms. The number of aliphatic carboxylic acids is 1. The molecule has 0 atom stereocenters. The van der Waals surface area contributed by atoms with Gasteiger partial charge in [0, 0.05) is 13.0 Å². The zero-order valence-electron chi connectivity index (χ0n) is 10.1. The molecule has 0 amide bonds. The highest BCUT2D eigenvalue weighted by Gasteiger charge is 2.32. The van der Waals surface area contributed by atoms with E-state index in [1.165, 1.54) is 6.07 Å². The van der Waals surface area contributed by atoms with Gasteiger partial charge < -0.3 is 10.4 Å². The van der Waals surface area contributed by atoms with Crippen LogP contribution in [0.15, 0.2) is 12.1 Å². The van der Waals surface area contributed by atoms with E-state index in [1.54, 1.807) is 0 Å². The van der Waals surface area contributed by atoms with Gasteiger partial charge >= 0.3 is 12.1 Å². The van der Waals surface area contributed by atoms with Gasteiger partial charge in [0.05, 0.1) is 0 Å². The van der Waals surface area contributed by atoms with Crippen molar-refractivity contribution in [1.82, 2.24) is 10.2 Å². The molecule has 0 bridgehead atoms. The number of carboxylic acid groups (broad SMARTS) is 1. The lowest BCUT2D eigenvalue weighted by Gasteiger charge is -2.07. The molecule has 19 heavy (non-hydrogen) atoms. The molecule has 8 heteroatoms. The van der Waals surface area contributed by atoms with E-state index in [4.69, 9.17) is 5.11 Å². The lowest BCUT2D eigenvalue weighted by molar-refractivity contribution is -0.141. The maximum absolute atomic E-state index is 12.2. The lowest BCUT2D eigenvalue weighted by atomic mass is 10.2. The average molecular weight is 277 g/mol. The highest BCUT2D eigenvalue weighted by atomic mass is 19.4. The van der Waals surface area contributed by atoms with E-state index in [-0.39, 0.29) is 12.2 Å². The third kappa shape index (κ3) is 6.03. The fraction of sp³-hybridized carbons (Fsp3) is 0.545. The normalized spacial score (nSPS) is 11.3. The molecule has 0 saturated carbocycles. The summed E-state index contributed by atoms with van der Waals surface area (Å²) in [6.07, 6.45) is -2.33. The van der Waals surface area contributed by atoms with E-state index in [0.717, 1.165) is 18.9 Å². The number of aromatic nitrogens is 2.